The number of carbonyl (C=O) groups is 1. The summed E-state index contributed by atoms with van der Waals surface area (Å²) in [4.78, 5) is 25.3. The Balaban J connectivity index is 1.47. The third-order valence-corrected chi connectivity index (χ3v) is 5.98. The molecule has 162 valence electrons. The van der Waals surface area contributed by atoms with Gasteiger partial charge in [-0.1, -0.05) is 12.1 Å². The number of carbonyl (C=O) groups excluding carboxylic acids is 1. The Hall–Kier alpha value is -3.28. The number of hydrogen-bond acceptors (Lipinski definition) is 5. The van der Waals surface area contributed by atoms with Crippen LogP contribution in [-0.4, -0.2) is 20.1 Å². The molecule has 1 N–H and O–H groups in total. The van der Waals surface area contributed by atoms with E-state index in [9.17, 15) is 9.59 Å². The Morgan fingerprint density at radius 1 is 1.10 bits per heavy atom. The molecule has 31 heavy (non-hydrogen) atoms. The number of aryl methyl sites for hydroxylation is 1. The van der Waals surface area contributed by atoms with Gasteiger partial charge in [-0.3, -0.25) is 4.79 Å². The lowest BCUT2D eigenvalue weighted by molar-refractivity contribution is -0.122. The first-order chi connectivity index (χ1) is 15.0. The zero-order chi connectivity index (χ0) is 22.0. The van der Waals surface area contributed by atoms with Crippen LogP contribution in [-0.2, 0) is 11.2 Å². The molecular formula is C25H27NO5. The minimum absolute atomic E-state index is 0.0139. The van der Waals surface area contributed by atoms with Crippen molar-refractivity contribution in [3.05, 3.63) is 69.6 Å². The highest BCUT2D eigenvalue weighted by Crippen LogP contribution is 2.41. The highest BCUT2D eigenvalue weighted by molar-refractivity contribution is 5.83. The van der Waals surface area contributed by atoms with Crippen LogP contribution in [0.2, 0.25) is 0 Å². The molecule has 1 atom stereocenters. The van der Waals surface area contributed by atoms with Crippen molar-refractivity contribution in [3.8, 4) is 11.5 Å². The van der Waals surface area contributed by atoms with Crippen molar-refractivity contribution in [2.75, 3.05) is 14.2 Å². The van der Waals surface area contributed by atoms with Crippen molar-refractivity contribution < 1.29 is 18.7 Å². The van der Waals surface area contributed by atoms with E-state index in [1.54, 1.807) is 20.3 Å². The molecule has 4 rings (SSSR count). The number of fused-ring (bicyclic) bond motifs is 1. The summed E-state index contributed by atoms with van der Waals surface area (Å²) in [5, 5.41) is 4.02. The summed E-state index contributed by atoms with van der Waals surface area (Å²) in [6, 6.07) is 13.2. The van der Waals surface area contributed by atoms with Crippen LogP contribution in [0, 0.1) is 12.8 Å². The highest BCUT2D eigenvalue weighted by atomic mass is 16.5. The van der Waals surface area contributed by atoms with E-state index in [4.69, 9.17) is 13.9 Å². The molecule has 0 bridgehead atoms. The minimum atomic E-state index is -0.403. The fourth-order valence-electron chi connectivity index (χ4n) is 3.99. The molecule has 6 heteroatoms. The third-order valence-electron chi connectivity index (χ3n) is 5.98. The first-order valence-corrected chi connectivity index (χ1v) is 10.5. The quantitative estimate of drug-likeness (QED) is 0.548. The monoisotopic (exact) mass is 421 g/mol. The van der Waals surface area contributed by atoms with Gasteiger partial charge in [-0.05, 0) is 67.5 Å². The number of nitrogens with one attached hydrogen (secondary N) is 1. The lowest BCUT2D eigenvalue weighted by Crippen LogP contribution is -2.30. The lowest BCUT2D eigenvalue weighted by atomic mass is 10.00. The summed E-state index contributed by atoms with van der Waals surface area (Å²) in [6.07, 6.45) is 2.77. The molecule has 0 aliphatic heterocycles. The molecular weight excluding hydrogens is 394 g/mol. The average molecular weight is 421 g/mol. The molecule has 1 aliphatic carbocycles. The van der Waals surface area contributed by atoms with E-state index in [2.05, 4.69) is 5.32 Å². The fourth-order valence-corrected chi connectivity index (χ4v) is 3.99. The zero-order valence-corrected chi connectivity index (χ0v) is 18.1. The molecule has 0 saturated heterocycles. The van der Waals surface area contributed by atoms with Gasteiger partial charge < -0.3 is 19.2 Å². The number of benzene rings is 2. The van der Waals surface area contributed by atoms with E-state index in [1.807, 2.05) is 43.3 Å². The number of hydrogen-bond donors (Lipinski definition) is 1. The first-order valence-electron chi connectivity index (χ1n) is 10.5. The van der Waals surface area contributed by atoms with Gasteiger partial charge in [0.1, 0.15) is 17.1 Å². The van der Waals surface area contributed by atoms with Crippen LogP contribution < -0.4 is 20.4 Å². The van der Waals surface area contributed by atoms with Crippen LogP contribution in [0.3, 0.4) is 0 Å². The summed E-state index contributed by atoms with van der Waals surface area (Å²) in [7, 11) is 3.21. The Morgan fingerprint density at radius 2 is 1.77 bits per heavy atom. The van der Waals surface area contributed by atoms with Gasteiger partial charge in [0.25, 0.3) is 0 Å². The summed E-state index contributed by atoms with van der Waals surface area (Å²) < 4.78 is 15.9. The van der Waals surface area contributed by atoms with Gasteiger partial charge in [-0.2, -0.15) is 0 Å². The van der Waals surface area contributed by atoms with Crippen molar-refractivity contribution in [3.63, 3.8) is 0 Å². The Bertz CT molecular complexity index is 1150. The second-order valence-corrected chi connectivity index (χ2v) is 8.01. The molecule has 1 fully saturated rings. The van der Waals surface area contributed by atoms with Gasteiger partial charge in [0, 0.05) is 23.4 Å². The molecule has 1 saturated carbocycles. The van der Waals surface area contributed by atoms with Gasteiger partial charge in [-0.25, -0.2) is 4.79 Å². The van der Waals surface area contributed by atoms with Crippen molar-refractivity contribution in [2.24, 2.45) is 5.92 Å². The zero-order valence-electron chi connectivity index (χ0n) is 18.1. The van der Waals surface area contributed by atoms with Crippen LogP contribution in [0.15, 0.2) is 51.7 Å². The second kappa shape index (κ2) is 8.84. The molecule has 1 aromatic heterocycles. The molecule has 2 aromatic carbocycles. The maximum atomic E-state index is 12.7. The summed E-state index contributed by atoms with van der Waals surface area (Å²) in [5.74, 6) is 1.81. The minimum Gasteiger partial charge on any atom is -0.497 e. The number of ether oxygens (including phenoxy) is 2. The Kier molecular flexibility index (Phi) is 5.98. The van der Waals surface area contributed by atoms with E-state index < -0.39 is 5.63 Å². The predicted molar refractivity (Wildman–Crippen MR) is 119 cm³/mol. The van der Waals surface area contributed by atoms with Gasteiger partial charge >= 0.3 is 5.63 Å². The van der Waals surface area contributed by atoms with Gasteiger partial charge in [0.05, 0.1) is 20.3 Å². The summed E-state index contributed by atoms with van der Waals surface area (Å²) >= 11 is 0. The SMILES string of the molecule is COc1ccc(C(NC(=O)CCc2c(C)c3ccc(OC)cc3oc2=O)C2CC2)cc1. The van der Waals surface area contributed by atoms with E-state index in [1.165, 1.54) is 0 Å². The largest absolute Gasteiger partial charge is 0.497 e. The van der Waals surface area contributed by atoms with E-state index in [0.717, 1.165) is 35.1 Å². The summed E-state index contributed by atoms with van der Waals surface area (Å²) in [6.45, 7) is 1.89. The van der Waals surface area contributed by atoms with Crippen molar-refractivity contribution >= 4 is 16.9 Å². The molecule has 3 aromatic rings. The average Bonchev–Trinajstić information content (AvgIpc) is 3.62. The van der Waals surface area contributed by atoms with Crippen LogP contribution in [0.1, 0.15) is 42.0 Å². The normalized spacial score (nSPS) is 14.3. The van der Waals surface area contributed by atoms with Crippen molar-refractivity contribution in [1.82, 2.24) is 5.32 Å². The Labute approximate surface area is 181 Å². The number of methoxy groups -OCH3 is 2. The Morgan fingerprint density at radius 3 is 2.42 bits per heavy atom. The van der Waals surface area contributed by atoms with Gasteiger partial charge in [0.2, 0.25) is 5.91 Å². The predicted octanol–water partition coefficient (Wildman–Crippen LogP) is 4.32. The van der Waals surface area contributed by atoms with Gasteiger partial charge in [0.15, 0.2) is 0 Å². The number of amides is 1. The molecule has 1 amide bonds. The molecule has 1 aliphatic rings. The number of rotatable bonds is 8. The standard InChI is InChI=1S/C25H27NO5/c1-15-20-11-10-19(30-3)14-22(20)31-25(28)21(15)12-13-23(27)26-24(16-4-5-16)17-6-8-18(29-2)9-7-17/h6-11,14,16,24H,4-5,12-13H2,1-3H3,(H,26,27). The molecule has 1 unspecified atom stereocenters. The fraction of sp³-hybridized carbons (Fsp3) is 0.360. The van der Waals surface area contributed by atoms with Crippen LogP contribution in [0.5, 0.6) is 11.5 Å². The van der Waals surface area contributed by atoms with Crippen LogP contribution in [0.4, 0.5) is 0 Å². The molecule has 6 nitrogen and oxygen atoms in total. The van der Waals surface area contributed by atoms with E-state index >= 15 is 0 Å². The second-order valence-electron chi connectivity index (χ2n) is 8.01. The van der Waals surface area contributed by atoms with Crippen LogP contribution >= 0.6 is 0 Å². The van der Waals surface area contributed by atoms with Crippen molar-refractivity contribution in [1.29, 1.82) is 0 Å². The topological polar surface area (TPSA) is 77.8 Å². The summed E-state index contributed by atoms with van der Waals surface area (Å²) in [5.41, 5.74) is 2.55. The maximum absolute atomic E-state index is 12.7. The molecule has 0 spiro atoms. The third kappa shape index (κ3) is 4.58. The molecule has 0 radical (unpaired) electrons. The lowest BCUT2D eigenvalue weighted by Gasteiger charge is -2.19. The van der Waals surface area contributed by atoms with E-state index in [0.29, 0.717) is 29.2 Å². The van der Waals surface area contributed by atoms with Crippen LogP contribution in [0.25, 0.3) is 11.0 Å². The smallest absolute Gasteiger partial charge is 0.339 e. The van der Waals surface area contributed by atoms with Crippen molar-refractivity contribution in [2.45, 2.75) is 38.6 Å². The highest BCUT2D eigenvalue weighted by Gasteiger charge is 2.33. The first kappa shape index (κ1) is 21.0. The van der Waals surface area contributed by atoms with E-state index in [-0.39, 0.29) is 18.4 Å². The molecule has 1 heterocycles. The maximum Gasteiger partial charge on any atom is 0.339 e. The van der Waals surface area contributed by atoms with Gasteiger partial charge in [-0.15, -0.1) is 0 Å².